The van der Waals surface area contributed by atoms with Crippen molar-refractivity contribution in [3.8, 4) is 0 Å². The summed E-state index contributed by atoms with van der Waals surface area (Å²) in [5, 5.41) is 21.6. The Hall–Kier alpha value is -0.0200. The molecule has 0 aliphatic carbocycles. The summed E-state index contributed by atoms with van der Waals surface area (Å²) in [6, 6.07) is -0.00477. The predicted molar refractivity (Wildman–Crippen MR) is 45.5 cm³/mol. The SMILES string of the molecule is O=PCCC1NCC(O)CC1O. The summed E-state index contributed by atoms with van der Waals surface area (Å²) < 4.78 is 10.2. The molecule has 0 aromatic rings. The highest BCUT2D eigenvalue weighted by atomic mass is 31.1. The van der Waals surface area contributed by atoms with Gasteiger partial charge in [-0.05, 0) is 6.42 Å². The van der Waals surface area contributed by atoms with Crippen molar-refractivity contribution in [2.24, 2.45) is 0 Å². The van der Waals surface area contributed by atoms with E-state index in [0.29, 0.717) is 25.5 Å². The molecule has 0 saturated carbocycles. The standard InChI is InChI=1S/C7H14NO3P/c9-5-3-7(10)6(8-4-5)1-2-12-11/h5-10H,1-4H2. The van der Waals surface area contributed by atoms with E-state index in [9.17, 15) is 9.67 Å². The minimum absolute atomic E-state index is 0.00477. The lowest BCUT2D eigenvalue weighted by molar-refractivity contribution is 0.0222. The van der Waals surface area contributed by atoms with E-state index < -0.39 is 12.2 Å². The molecular formula is C7H14NO3P. The van der Waals surface area contributed by atoms with Crippen LogP contribution < -0.4 is 5.32 Å². The van der Waals surface area contributed by atoms with Crippen molar-refractivity contribution in [3.63, 3.8) is 0 Å². The summed E-state index contributed by atoms with van der Waals surface area (Å²) in [6.07, 6.45) is 0.730. The molecule has 70 valence electrons. The molecule has 0 aromatic carbocycles. The van der Waals surface area contributed by atoms with Gasteiger partial charge in [0.05, 0.1) is 12.2 Å². The van der Waals surface area contributed by atoms with Gasteiger partial charge in [-0.2, -0.15) is 0 Å². The summed E-state index contributed by atoms with van der Waals surface area (Å²) in [4.78, 5) is 0. The Labute approximate surface area is 73.2 Å². The van der Waals surface area contributed by atoms with Gasteiger partial charge in [-0.1, -0.05) is 0 Å². The van der Waals surface area contributed by atoms with Gasteiger partial charge in [-0.25, -0.2) is 0 Å². The maximum Gasteiger partial charge on any atom is 0.155 e. The van der Waals surface area contributed by atoms with Crippen molar-refractivity contribution in [2.75, 3.05) is 12.7 Å². The number of aliphatic hydroxyl groups excluding tert-OH is 2. The van der Waals surface area contributed by atoms with Crippen LogP contribution in [0.4, 0.5) is 0 Å². The highest BCUT2D eigenvalue weighted by Gasteiger charge is 2.26. The van der Waals surface area contributed by atoms with E-state index >= 15 is 0 Å². The fourth-order valence-electron chi connectivity index (χ4n) is 1.44. The maximum absolute atomic E-state index is 10.2. The van der Waals surface area contributed by atoms with Gasteiger partial charge in [0.1, 0.15) is 0 Å². The summed E-state index contributed by atoms with van der Waals surface area (Å²) in [5.74, 6) is 0. The average molecular weight is 191 g/mol. The van der Waals surface area contributed by atoms with Gasteiger partial charge in [0.2, 0.25) is 0 Å². The highest BCUT2D eigenvalue weighted by molar-refractivity contribution is 7.23. The molecule has 5 heteroatoms. The first-order valence-corrected chi connectivity index (χ1v) is 5.12. The Morgan fingerprint density at radius 2 is 2.25 bits per heavy atom. The third kappa shape index (κ3) is 2.79. The second-order valence-electron chi connectivity index (χ2n) is 3.11. The molecule has 0 bridgehead atoms. The van der Waals surface area contributed by atoms with Crippen molar-refractivity contribution in [1.82, 2.24) is 5.32 Å². The molecule has 1 fully saturated rings. The molecule has 0 spiro atoms. The van der Waals surface area contributed by atoms with E-state index in [-0.39, 0.29) is 14.5 Å². The summed E-state index contributed by atoms with van der Waals surface area (Å²) >= 11 is 0. The second kappa shape index (κ2) is 4.87. The number of β-amino-alcohol motifs (C(OH)–C–C–N with tert-alkyl or cyclic N) is 1. The lowest BCUT2D eigenvalue weighted by Crippen LogP contribution is -2.50. The number of rotatable bonds is 3. The molecule has 4 nitrogen and oxygen atoms in total. The number of aliphatic hydroxyl groups is 2. The molecule has 0 amide bonds. The molecule has 0 aromatic heterocycles. The Morgan fingerprint density at radius 1 is 1.50 bits per heavy atom. The van der Waals surface area contributed by atoms with E-state index in [0.717, 1.165) is 0 Å². The number of piperidine rings is 1. The van der Waals surface area contributed by atoms with Crippen LogP contribution in [0.25, 0.3) is 0 Å². The third-order valence-corrected chi connectivity index (χ3v) is 2.57. The van der Waals surface area contributed by atoms with Crippen LogP contribution >= 0.6 is 8.46 Å². The zero-order chi connectivity index (χ0) is 8.97. The molecular weight excluding hydrogens is 177 g/mol. The fourth-order valence-corrected chi connectivity index (χ4v) is 1.82. The molecule has 3 N–H and O–H groups in total. The van der Waals surface area contributed by atoms with Crippen LogP contribution in [0, 0.1) is 0 Å². The molecule has 1 heterocycles. The van der Waals surface area contributed by atoms with Crippen LogP contribution in [0.2, 0.25) is 0 Å². The van der Waals surface area contributed by atoms with Crippen LogP contribution in [-0.2, 0) is 4.57 Å². The summed E-state index contributed by atoms with van der Waals surface area (Å²) in [6.45, 7) is 0.525. The zero-order valence-corrected chi connectivity index (χ0v) is 7.70. The van der Waals surface area contributed by atoms with E-state index in [2.05, 4.69) is 5.32 Å². The molecule has 3 atom stereocenters. The van der Waals surface area contributed by atoms with Crippen LogP contribution in [0.1, 0.15) is 12.8 Å². The predicted octanol–water partition coefficient (Wildman–Crippen LogP) is -0.248. The van der Waals surface area contributed by atoms with Gasteiger partial charge < -0.3 is 15.5 Å². The molecule has 1 saturated heterocycles. The topological polar surface area (TPSA) is 69.6 Å². The molecule has 12 heavy (non-hydrogen) atoms. The molecule has 1 aliphatic heterocycles. The molecule has 1 rings (SSSR count). The van der Waals surface area contributed by atoms with Crippen LogP contribution in [0.3, 0.4) is 0 Å². The molecule has 1 aliphatic rings. The summed E-state index contributed by atoms with van der Waals surface area (Å²) in [7, 11) is 0.118. The van der Waals surface area contributed by atoms with Gasteiger partial charge >= 0.3 is 0 Å². The number of hydrogen-bond donors (Lipinski definition) is 3. The lowest BCUT2D eigenvalue weighted by atomic mass is 9.98. The van der Waals surface area contributed by atoms with Crippen molar-refractivity contribution < 1.29 is 14.8 Å². The first kappa shape index (κ1) is 10.1. The van der Waals surface area contributed by atoms with Crippen molar-refractivity contribution in [2.45, 2.75) is 31.1 Å². The second-order valence-corrected chi connectivity index (χ2v) is 3.82. The largest absolute Gasteiger partial charge is 0.392 e. The minimum Gasteiger partial charge on any atom is -0.392 e. The van der Waals surface area contributed by atoms with E-state index in [4.69, 9.17) is 5.11 Å². The lowest BCUT2D eigenvalue weighted by Gasteiger charge is -2.31. The minimum atomic E-state index is -0.504. The van der Waals surface area contributed by atoms with E-state index in [1.807, 2.05) is 0 Å². The third-order valence-electron chi connectivity index (χ3n) is 2.13. The normalized spacial score (nSPS) is 37.0. The summed E-state index contributed by atoms with van der Waals surface area (Å²) in [5.41, 5.74) is 0. The first-order valence-electron chi connectivity index (χ1n) is 4.12. The number of hydrogen-bond acceptors (Lipinski definition) is 4. The maximum atomic E-state index is 10.2. The average Bonchev–Trinajstić information content (AvgIpc) is 2.03. The van der Waals surface area contributed by atoms with Gasteiger partial charge in [-0.3, -0.25) is 4.57 Å². The Balaban J connectivity index is 2.29. The first-order chi connectivity index (χ1) is 5.74. The molecule has 3 unspecified atom stereocenters. The highest BCUT2D eigenvalue weighted by Crippen LogP contribution is 2.13. The van der Waals surface area contributed by atoms with Gasteiger partial charge in [0.15, 0.2) is 8.46 Å². The van der Waals surface area contributed by atoms with Crippen LogP contribution in [0.5, 0.6) is 0 Å². The van der Waals surface area contributed by atoms with E-state index in [1.165, 1.54) is 0 Å². The quantitative estimate of drug-likeness (QED) is 0.538. The monoisotopic (exact) mass is 191 g/mol. The van der Waals surface area contributed by atoms with Gasteiger partial charge in [0, 0.05) is 25.2 Å². The smallest absolute Gasteiger partial charge is 0.155 e. The zero-order valence-electron chi connectivity index (χ0n) is 6.81. The Morgan fingerprint density at radius 3 is 2.83 bits per heavy atom. The Kier molecular flexibility index (Phi) is 4.09. The van der Waals surface area contributed by atoms with Gasteiger partial charge in [-0.15, -0.1) is 0 Å². The Bertz CT molecular complexity index is 156. The van der Waals surface area contributed by atoms with Crippen LogP contribution in [0.15, 0.2) is 0 Å². The number of nitrogens with one attached hydrogen (secondary N) is 1. The van der Waals surface area contributed by atoms with Crippen molar-refractivity contribution in [3.05, 3.63) is 0 Å². The molecule has 0 radical (unpaired) electrons. The van der Waals surface area contributed by atoms with E-state index in [1.54, 1.807) is 0 Å². The fraction of sp³-hybridized carbons (Fsp3) is 1.00. The van der Waals surface area contributed by atoms with Crippen LogP contribution in [-0.4, -0.2) is 41.2 Å². The van der Waals surface area contributed by atoms with Crippen molar-refractivity contribution >= 4 is 8.46 Å². The van der Waals surface area contributed by atoms with Gasteiger partial charge in [0.25, 0.3) is 0 Å². The van der Waals surface area contributed by atoms with Crippen molar-refractivity contribution in [1.29, 1.82) is 0 Å².